The molecule has 120 valence electrons. The van der Waals surface area contributed by atoms with E-state index in [-0.39, 0.29) is 5.75 Å². The molecule has 0 aliphatic rings. The van der Waals surface area contributed by atoms with Crippen LogP contribution in [-0.4, -0.2) is 29.7 Å². The molecule has 0 unspecified atom stereocenters. The summed E-state index contributed by atoms with van der Waals surface area (Å²) < 4.78 is 1.76. The van der Waals surface area contributed by atoms with Gasteiger partial charge >= 0.3 is 0 Å². The number of nitrogens with zero attached hydrogens (tertiary/aromatic N) is 5. The number of rotatable bonds is 2. The Morgan fingerprint density at radius 2 is 1.88 bits per heavy atom. The molecule has 5 aromatic rings. The highest BCUT2D eigenvalue weighted by Crippen LogP contribution is 2.32. The van der Waals surface area contributed by atoms with Crippen molar-refractivity contribution in [1.82, 2.24) is 24.6 Å². The number of anilines is 2. The van der Waals surface area contributed by atoms with Crippen molar-refractivity contribution in [3.63, 3.8) is 0 Å². The average molecular weight is 328 g/mol. The Morgan fingerprint density at radius 3 is 2.80 bits per heavy atom. The number of aromatic nitrogens is 5. The fourth-order valence-corrected chi connectivity index (χ4v) is 2.96. The summed E-state index contributed by atoms with van der Waals surface area (Å²) in [7, 11) is 0. The number of hydrogen-bond acceptors (Lipinski definition) is 6. The SMILES string of the molecule is Oc1cccc(Nc2nc3c(nn4ccncc34)c3cnccc23)c1. The van der Waals surface area contributed by atoms with Crippen molar-refractivity contribution < 1.29 is 5.11 Å². The Kier molecular flexibility index (Phi) is 2.81. The van der Waals surface area contributed by atoms with Gasteiger partial charge in [-0.1, -0.05) is 6.07 Å². The monoisotopic (exact) mass is 328 g/mol. The molecule has 0 radical (unpaired) electrons. The van der Waals surface area contributed by atoms with Gasteiger partial charge in [-0.2, -0.15) is 5.10 Å². The molecule has 0 bridgehead atoms. The molecule has 0 spiro atoms. The van der Waals surface area contributed by atoms with Crippen molar-refractivity contribution in [2.24, 2.45) is 0 Å². The van der Waals surface area contributed by atoms with E-state index in [1.54, 1.807) is 53.7 Å². The third kappa shape index (κ3) is 2.13. The molecule has 0 saturated carbocycles. The summed E-state index contributed by atoms with van der Waals surface area (Å²) in [6.45, 7) is 0. The van der Waals surface area contributed by atoms with Crippen molar-refractivity contribution in [3.05, 3.63) is 61.3 Å². The van der Waals surface area contributed by atoms with Crippen molar-refractivity contribution in [2.45, 2.75) is 0 Å². The largest absolute Gasteiger partial charge is 0.508 e. The summed E-state index contributed by atoms with van der Waals surface area (Å²) in [4.78, 5) is 13.2. The van der Waals surface area contributed by atoms with Crippen LogP contribution < -0.4 is 5.32 Å². The van der Waals surface area contributed by atoms with E-state index in [1.807, 2.05) is 12.1 Å². The summed E-state index contributed by atoms with van der Waals surface area (Å²) in [6, 6.07) is 8.82. The summed E-state index contributed by atoms with van der Waals surface area (Å²) in [6.07, 6.45) is 8.73. The molecule has 1 aromatic carbocycles. The number of hydrogen-bond donors (Lipinski definition) is 2. The Balaban J connectivity index is 1.83. The normalized spacial score (nSPS) is 11.4. The summed E-state index contributed by atoms with van der Waals surface area (Å²) in [5, 5.41) is 19.4. The highest BCUT2D eigenvalue weighted by atomic mass is 16.3. The molecular formula is C18H12N6O. The van der Waals surface area contributed by atoms with E-state index in [1.165, 1.54) is 0 Å². The maximum absolute atomic E-state index is 9.69. The van der Waals surface area contributed by atoms with Gasteiger partial charge in [-0.05, 0) is 18.2 Å². The molecule has 0 aliphatic carbocycles. The summed E-state index contributed by atoms with van der Waals surface area (Å²) in [5.74, 6) is 0.867. The van der Waals surface area contributed by atoms with Crippen molar-refractivity contribution in [3.8, 4) is 5.75 Å². The highest BCUT2D eigenvalue weighted by Gasteiger charge is 2.14. The first-order valence-electron chi connectivity index (χ1n) is 7.71. The van der Waals surface area contributed by atoms with Gasteiger partial charge in [0.15, 0.2) is 0 Å². The molecule has 4 aromatic heterocycles. The third-order valence-corrected chi connectivity index (χ3v) is 4.08. The van der Waals surface area contributed by atoms with Gasteiger partial charge in [-0.3, -0.25) is 9.97 Å². The summed E-state index contributed by atoms with van der Waals surface area (Å²) in [5.41, 5.74) is 3.09. The van der Waals surface area contributed by atoms with Crippen molar-refractivity contribution >= 4 is 38.8 Å². The molecular weight excluding hydrogens is 316 g/mol. The molecule has 0 aliphatic heterocycles. The third-order valence-electron chi connectivity index (χ3n) is 4.08. The molecule has 0 fully saturated rings. The minimum atomic E-state index is 0.192. The quantitative estimate of drug-likeness (QED) is 0.517. The fraction of sp³-hybridized carbons (Fsp3) is 0. The van der Waals surface area contributed by atoms with E-state index in [2.05, 4.69) is 20.4 Å². The first kappa shape index (κ1) is 13.7. The maximum Gasteiger partial charge on any atom is 0.139 e. The van der Waals surface area contributed by atoms with Crippen LogP contribution in [-0.2, 0) is 0 Å². The molecule has 0 atom stereocenters. The second-order valence-corrected chi connectivity index (χ2v) is 5.66. The number of nitrogens with one attached hydrogen (secondary N) is 1. The lowest BCUT2D eigenvalue weighted by Crippen LogP contribution is -1.96. The van der Waals surface area contributed by atoms with Crippen LogP contribution in [0.2, 0.25) is 0 Å². The van der Waals surface area contributed by atoms with Crippen LogP contribution in [0.15, 0.2) is 61.3 Å². The van der Waals surface area contributed by atoms with E-state index >= 15 is 0 Å². The molecule has 5 rings (SSSR count). The van der Waals surface area contributed by atoms with Gasteiger partial charge in [0, 0.05) is 47.3 Å². The predicted molar refractivity (Wildman–Crippen MR) is 95.0 cm³/mol. The molecule has 25 heavy (non-hydrogen) atoms. The highest BCUT2D eigenvalue weighted by molar-refractivity contribution is 6.12. The van der Waals surface area contributed by atoms with Crippen LogP contribution in [0.5, 0.6) is 5.75 Å². The second kappa shape index (κ2) is 5.13. The van der Waals surface area contributed by atoms with Crippen LogP contribution >= 0.6 is 0 Å². The van der Waals surface area contributed by atoms with Gasteiger partial charge in [-0.25, -0.2) is 9.50 Å². The van der Waals surface area contributed by atoms with Gasteiger partial charge in [0.05, 0.1) is 6.20 Å². The minimum absolute atomic E-state index is 0.192. The lowest BCUT2D eigenvalue weighted by Gasteiger charge is -2.09. The zero-order chi connectivity index (χ0) is 16.8. The predicted octanol–water partition coefficient (Wildman–Crippen LogP) is 3.27. The lowest BCUT2D eigenvalue weighted by molar-refractivity contribution is 0.475. The topological polar surface area (TPSA) is 88.2 Å². The standard InChI is InChI=1S/C18H12N6O/c25-12-3-1-2-11(8-12)21-18-13-4-5-19-9-14(13)16-17(22-18)15-10-20-6-7-24(15)23-16/h1-10,25H,(H,21,22). The Hall–Kier alpha value is -3.74. The zero-order valence-electron chi connectivity index (χ0n) is 13.0. The fourth-order valence-electron chi connectivity index (χ4n) is 2.96. The average Bonchev–Trinajstić information content (AvgIpc) is 3.01. The minimum Gasteiger partial charge on any atom is -0.508 e. The molecule has 7 nitrogen and oxygen atoms in total. The number of phenolic OH excluding ortho intramolecular Hbond substituents is 1. The van der Waals surface area contributed by atoms with Gasteiger partial charge in [0.25, 0.3) is 0 Å². The molecule has 2 N–H and O–H groups in total. The molecule has 0 saturated heterocycles. The van der Waals surface area contributed by atoms with Gasteiger partial charge < -0.3 is 10.4 Å². The number of benzene rings is 1. The van der Waals surface area contributed by atoms with Crippen LogP contribution in [0.25, 0.3) is 27.3 Å². The van der Waals surface area contributed by atoms with Gasteiger partial charge in [0.1, 0.15) is 28.1 Å². The van der Waals surface area contributed by atoms with Crippen LogP contribution in [0.4, 0.5) is 11.5 Å². The van der Waals surface area contributed by atoms with E-state index < -0.39 is 0 Å². The molecule has 4 heterocycles. The Morgan fingerprint density at radius 1 is 0.960 bits per heavy atom. The van der Waals surface area contributed by atoms with Gasteiger partial charge in [0.2, 0.25) is 0 Å². The summed E-state index contributed by atoms with van der Waals surface area (Å²) >= 11 is 0. The van der Waals surface area contributed by atoms with E-state index in [4.69, 9.17) is 4.98 Å². The zero-order valence-corrected chi connectivity index (χ0v) is 13.0. The first-order valence-corrected chi connectivity index (χ1v) is 7.71. The van der Waals surface area contributed by atoms with Crippen molar-refractivity contribution in [2.75, 3.05) is 5.32 Å². The first-order chi connectivity index (χ1) is 12.3. The van der Waals surface area contributed by atoms with Crippen molar-refractivity contribution in [1.29, 1.82) is 0 Å². The maximum atomic E-state index is 9.69. The van der Waals surface area contributed by atoms with Crippen LogP contribution in [0.3, 0.4) is 0 Å². The molecule has 0 amide bonds. The van der Waals surface area contributed by atoms with Gasteiger partial charge in [-0.15, -0.1) is 0 Å². The number of fused-ring (bicyclic) bond motifs is 5. The Bertz CT molecular complexity index is 1250. The molecule has 7 heteroatoms. The Labute approximate surface area is 141 Å². The van der Waals surface area contributed by atoms with Crippen LogP contribution in [0.1, 0.15) is 0 Å². The van der Waals surface area contributed by atoms with E-state index in [0.717, 1.165) is 33.0 Å². The van der Waals surface area contributed by atoms with E-state index in [9.17, 15) is 5.11 Å². The smallest absolute Gasteiger partial charge is 0.139 e. The number of phenols is 1. The second-order valence-electron chi connectivity index (χ2n) is 5.66. The lowest BCUT2D eigenvalue weighted by atomic mass is 10.1. The number of pyridine rings is 2. The number of aromatic hydroxyl groups is 1. The van der Waals surface area contributed by atoms with Crippen LogP contribution in [0, 0.1) is 0 Å². The van der Waals surface area contributed by atoms with E-state index in [0.29, 0.717) is 5.82 Å².